The van der Waals surface area contributed by atoms with Gasteiger partial charge in [0.2, 0.25) is 0 Å². The summed E-state index contributed by atoms with van der Waals surface area (Å²) in [7, 11) is 8.79. The van der Waals surface area contributed by atoms with Crippen molar-refractivity contribution in [3.05, 3.63) is 0 Å². The van der Waals surface area contributed by atoms with Gasteiger partial charge in [-0.3, -0.25) is 0 Å². The Morgan fingerprint density at radius 3 is 1.27 bits per heavy atom. The van der Waals surface area contributed by atoms with Crippen LogP contribution in [0.1, 0.15) is 13.8 Å². The number of hydrogen-bond donors (Lipinski definition) is 0. The molecular weight excluding hydrogens is 245 g/mol. The second-order valence-electron chi connectivity index (χ2n) is 5.31. The molecule has 0 aromatic heterocycles. The van der Waals surface area contributed by atoms with E-state index in [2.05, 4.69) is 51.8 Å². The summed E-state index contributed by atoms with van der Waals surface area (Å²) < 4.78 is 0. The zero-order valence-electron chi connectivity index (χ0n) is 11.6. The molecule has 0 heterocycles. The molecule has 0 unspecified atom stereocenters. The van der Waals surface area contributed by atoms with E-state index >= 15 is 0 Å². The Morgan fingerprint density at radius 1 is 0.733 bits per heavy atom. The number of hydrogen-bond acceptors (Lipinski definition) is 2. The molecule has 0 rings (SSSR count). The number of nitrogens with zero attached hydrogens (tertiary/aromatic N) is 2. The van der Waals surface area contributed by atoms with Crippen LogP contribution < -0.4 is 0 Å². The van der Waals surface area contributed by atoms with Gasteiger partial charge in [0.05, 0.1) is 0 Å². The average molecular weight is 275 g/mol. The second kappa shape index (κ2) is 7.69. The van der Waals surface area contributed by atoms with Crippen molar-refractivity contribution in [3.63, 3.8) is 0 Å². The van der Waals surface area contributed by atoms with Crippen molar-refractivity contribution in [3.8, 4) is 0 Å². The van der Waals surface area contributed by atoms with Crippen LogP contribution in [-0.4, -0.2) is 64.3 Å². The van der Waals surface area contributed by atoms with Crippen molar-refractivity contribution in [1.29, 1.82) is 0 Å². The van der Waals surface area contributed by atoms with Crippen molar-refractivity contribution in [2.75, 3.05) is 41.3 Å². The Kier molecular flexibility index (Phi) is 7.93. The number of rotatable bonds is 8. The zero-order valence-corrected chi connectivity index (χ0v) is 13.7. The van der Waals surface area contributed by atoms with Gasteiger partial charge in [-0.15, -0.1) is 0 Å². The summed E-state index contributed by atoms with van der Waals surface area (Å²) in [5.41, 5.74) is 0. The molecule has 0 amide bonds. The van der Waals surface area contributed by atoms with E-state index < -0.39 is 13.3 Å². The molecule has 2 nitrogen and oxygen atoms in total. The quantitative estimate of drug-likeness (QED) is 0.628. The van der Waals surface area contributed by atoms with Gasteiger partial charge < -0.3 is 0 Å². The molecule has 3 heteroatoms. The van der Waals surface area contributed by atoms with E-state index in [0.717, 1.165) is 0 Å². The van der Waals surface area contributed by atoms with Crippen LogP contribution in [0.25, 0.3) is 0 Å². The van der Waals surface area contributed by atoms with E-state index in [9.17, 15) is 0 Å². The summed E-state index contributed by atoms with van der Waals surface area (Å²) >= 11 is -1.48. The molecule has 15 heavy (non-hydrogen) atoms. The van der Waals surface area contributed by atoms with Crippen LogP contribution in [0, 0.1) is 0 Å². The molecule has 0 aliphatic rings. The van der Waals surface area contributed by atoms with Crippen LogP contribution in [0.15, 0.2) is 0 Å². The fraction of sp³-hybridized carbons (Fsp3) is 1.00. The minimum atomic E-state index is -1.48. The molecule has 0 saturated carbocycles. The van der Waals surface area contributed by atoms with Crippen LogP contribution >= 0.6 is 0 Å². The first-order valence-electron chi connectivity index (χ1n) is 6.25. The van der Waals surface area contributed by atoms with Gasteiger partial charge in [-0.2, -0.15) is 0 Å². The average Bonchev–Trinajstić information content (AvgIpc) is 2.19. The fourth-order valence-electron chi connectivity index (χ4n) is 2.00. The monoisotopic (exact) mass is 276 g/mol. The molecular formula is C12H30GeN2. The molecule has 92 valence electrons. The van der Waals surface area contributed by atoms with Crippen LogP contribution in [0.3, 0.4) is 0 Å². The van der Waals surface area contributed by atoms with Gasteiger partial charge in [-0.05, 0) is 0 Å². The molecule has 0 fully saturated rings. The zero-order chi connectivity index (χ0) is 11.9. The van der Waals surface area contributed by atoms with Crippen molar-refractivity contribution in [1.82, 2.24) is 9.80 Å². The molecule has 0 aliphatic carbocycles. The van der Waals surface area contributed by atoms with Gasteiger partial charge in [-0.25, -0.2) is 0 Å². The van der Waals surface area contributed by atoms with Gasteiger partial charge >= 0.3 is 99.2 Å². The Hall–Kier alpha value is 0.463. The third kappa shape index (κ3) is 6.59. The Labute approximate surface area is 99.4 Å². The van der Waals surface area contributed by atoms with Crippen LogP contribution in [0.4, 0.5) is 0 Å². The molecule has 0 radical (unpaired) electrons. The SMILES string of the molecule is C[CH2][Ge]([CH2]C)([CH2]CN(C)C)[CH2]CN(C)C. The van der Waals surface area contributed by atoms with Crippen molar-refractivity contribution < 1.29 is 0 Å². The fourth-order valence-corrected chi connectivity index (χ4v) is 10.4. The second-order valence-corrected chi connectivity index (χ2v) is 16.7. The summed E-state index contributed by atoms with van der Waals surface area (Å²) in [6.45, 7) is 7.45. The van der Waals surface area contributed by atoms with E-state index in [1.165, 1.54) is 34.1 Å². The Bertz CT molecular complexity index is 140. The van der Waals surface area contributed by atoms with Gasteiger partial charge in [0.15, 0.2) is 0 Å². The van der Waals surface area contributed by atoms with E-state index in [0.29, 0.717) is 0 Å². The third-order valence-electron chi connectivity index (χ3n) is 3.68. The van der Waals surface area contributed by atoms with Crippen molar-refractivity contribution in [2.24, 2.45) is 0 Å². The van der Waals surface area contributed by atoms with Crippen LogP contribution in [-0.2, 0) is 0 Å². The summed E-state index contributed by atoms with van der Waals surface area (Å²) in [6.07, 6.45) is 0. The maximum atomic E-state index is 2.43. The summed E-state index contributed by atoms with van der Waals surface area (Å²) in [5, 5.41) is 6.04. The Morgan fingerprint density at radius 2 is 1.07 bits per heavy atom. The standard InChI is InChI=1S/C12H30GeN2/c1-7-13(8-2,9-11-14(3)4)10-12-15(5)6/h7-12H2,1-6H3. The van der Waals surface area contributed by atoms with Gasteiger partial charge in [0.1, 0.15) is 0 Å². The predicted octanol–water partition coefficient (Wildman–Crippen LogP) is 2.60. The molecule has 0 N–H and O–H groups in total. The molecule has 0 spiro atoms. The van der Waals surface area contributed by atoms with Gasteiger partial charge in [0.25, 0.3) is 0 Å². The van der Waals surface area contributed by atoms with Crippen LogP contribution in [0.2, 0.25) is 21.0 Å². The first-order chi connectivity index (χ1) is 6.95. The molecule has 0 aromatic carbocycles. The first-order valence-corrected chi connectivity index (χ1v) is 12.2. The first kappa shape index (κ1) is 15.5. The molecule has 0 bridgehead atoms. The Balaban J connectivity index is 4.17. The third-order valence-corrected chi connectivity index (χ3v) is 15.4. The minimum absolute atomic E-state index is 1.30. The van der Waals surface area contributed by atoms with E-state index in [-0.39, 0.29) is 0 Å². The van der Waals surface area contributed by atoms with Gasteiger partial charge in [-0.1, -0.05) is 0 Å². The summed E-state index contributed by atoms with van der Waals surface area (Å²) in [5.74, 6) is 0. The summed E-state index contributed by atoms with van der Waals surface area (Å²) in [4.78, 5) is 4.70. The van der Waals surface area contributed by atoms with Gasteiger partial charge in [0, 0.05) is 0 Å². The van der Waals surface area contributed by atoms with Crippen LogP contribution in [0.5, 0.6) is 0 Å². The van der Waals surface area contributed by atoms with E-state index in [4.69, 9.17) is 0 Å². The maximum absolute atomic E-state index is 2.43. The van der Waals surface area contributed by atoms with E-state index in [1.54, 1.807) is 0 Å². The molecule has 0 saturated heterocycles. The van der Waals surface area contributed by atoms with Crippen molar-refractivity contribution in [2.45, 2.75) is 34.9 Å². The molecule has 0 atom stereocenters. The predicted molar refractivity (Wildman–Crippen MR) is 73.4 cm³/mol. The summed E-state index contributed by atoms with van der Waals surface area (Å²) in [6, 6.07) is 0. The van der Waals surface area contributed by atoms with Crippen molar-refractivity contribution >= 4 is 13.3 Å². The normalized spacial score (nSPS) is 12.8. The topological polar surface area (TPSA) is 6.48 Å². The molecule has 0 aliphatic heterocycles. The molecule has 0 aromatic rings. The van der Waals surface area contributed by atoms with E-state index in [1.807, 2.05) is 0 Å².